The van der Waals surface area contributed by atoms with Gasteiger partial charge in [-0.1, -0.05) is 26.0 Å². The molecule has 1 aromatic heterocycles. The van der Waals surface area contributed by atoms with Crippen LogP contribution in [-0.4, -0.2) is 52.7 Å². The second kappa shape index (κ2) is 10.3. The largest absolute Gasteiger partial charge is 0.369 e. The summed E-state index contributed by atoms with van der Waals surface area (Å²) < 4.78 is 3.52. The third-order valence-electron chi connectivity index (χ3n) is 6.58. The van der Waals surface area contributed by atoms with Crippen LogP contribution < -0.4 is 15.9 Å². The summed E-state index contributed by atoms with van der Waals surface area (Å²) in [6.45, 7) is 12.7. The first-order chi connectivity index (χ1) is 16.0. The van der Waals surface area contributed by atoms with Crippen molar-refractivity contribution < 1.29 is 4.79 Å². The summed E-state index contributed by atoms with van der Waals surface area (Å²) in [6, 6.07) is 13.9. The lowest BCUT2D eigenvalue weighted by molar-refractivity contribution is -0.116. The van der Waals surface area contributed by atoms with Crippen LogP contribution in [0.15, 0.2) is 47.3 Å². The molecule has 1 aliphatic heterocycles. The lowest BCUT2D eigenvalue weighted by atomic mass is 10.1. The second-order valence-corrected chi connectivity index (χ2v) is 8.80. The molecule has 2 heterocycles. The number of imidazole rings is 1. The summed E-state index contributed by atoms with van der Waals surface area (Å²) >= 11 is 0. The number of aryl methyl sites for hydroxylation is 3. The molecule has 0 spiro atoms. The van der Waals surface area contributed by atoms with Gasteiger partial charge in [-0.15, -0.1) is 0 Å². The fourth-order valence-corrected chi connectivity index (χ4v) is 4.76. The molecule has 1 amide bonds. The maximum atomic E-state index is 12.9. The number of amides is 1. The van der Waals surface area contributed by atoms with Gasteiger partial charge in [0, 0.05) is 57.1 Å². The number of carbonyl (C=O) groups is 1. The van der Waals surface area contributed by atoms with Gasteiger partial charge in [0.1, 0.15) is 0 Å². The molecular formula is C26H35N5O2. The minimum Gasteiger partial charge on any atom is -0.369 e. The lowest BCUT2D eigenvalue weighted by Gasteiger charge is -2.36. The zero-order valence-corrected chi connectivity index (χ0v) is 20.0. The Bertz CT molecular complexity index is 1170. The van der Waals surface area contributed by atoms with Crippen molar-refractivity contribution in [3.8, 4) is 0 Å². The third kappa shape index (κ3) is 4.98. The molecule has 1 aliphatic rings. The first kappa shape index (κ1) is 23.1. The van der Waals surface area contributed by atoms with Gasteiger partial charge >= 0.3 is 5.69 Å². The Kier molecular flexibility index (Phi) is 7.18. The number of rotatable bonds is 8. The van der Waals surface area contributed by atoms with Gasteiger partial charge in [0.15, 0.2) is 0 Å². The van der Waals surface area contributed by atoms with Crippen LogP contribution in [0.1, 0.15) is 32.3 Å². The normalized spacial score (nSPS) is 14.7. The minimum atomic E-state index is -0.0852. The summed E-state index contributed by atoms with van der Waals surface area (Å²) in [5.74, 6) is -0.0852. The first-order valence-corrected chi connectivity index (χ1v) is 12.1. The van der Waals surface area contributed by atoms with E-state index in [9.17, 15) is 9.59 Å². The van der Waals surface area contributed by atoms with Gasteiger partial charge in [-0.3, -0.25) is 13.9 Å². The van der Waals surface area contributed by atoms with E-state index in [0.717, 1.165) is 61.4 Å². The number of anilines is 2. The van der Waals surface area contributed by atoms with E-state index in [1.807, 2.05) is 36.4 Å². The van der Waals surface area contributed by atoms with Crippen LogP contribution in [0.3, 0.4) is 0 Å². The number of hydrogen-bond donors (Lipinski definition) is 1. The molecule has 0 radical (unpaired) electrons. The van der Waals surface area contributed by atoms with Crippen molar-refractivity contribution in [1.29, 1.82) is 0 Å². The highest BCUT2D eigenvalue weighted by Gasteiger charge is 2.18. The molecule has 0 unspecified atom stereocenters. The predicted octanol–water partition coefficient (Wildman–Crippen LogP) is 3.69. The number of hydrogen-bond acceptors (Lipinski definition) is 4. The molecule has 176 valence electrons. The molecule has 0 bridgehead atoms. The highest BCUT2D eigenvalue weighted by molar-refractivity contribution is 5.91. The predicted molar refractivity (Wildman–Crippen MR) is 135 cm³/mol. The molecule has 0 aliphatic carbocycles. The molecule has 7 nitrogen and oxygen atoms in total. The lowest BCUT2D eigenvalue weighted by Crippen LogP contribution is -2.46. The molecule has 4 rings (SSSR count). The second-order valence-electron chi connectivity index (χ2n) is 8.80. The maximum Gasteiger partial charge on any atom is 0.329 e. The van der Waals surface area contributed by atoms with Crippen molar-refractivity contribution in [3.05, 3.63) is 58.5 Å². The Hall–Kier alpha value is -3.06. The van der Waals surface area contributed by atoms with Crippen LogP contribution in [0.2, 0.25) is 0 Å². The van der Waals surface area contributed by atoms with E-state index in [-0.39, 0.29) is 18.0 Å². The van der Waals surface area contributed by atoms with Gasteiger partial charge in [-0.2, -0.15) is 0 Å². The van der Waals surface area contributed by atoms with Gasteiger partial charge in [0.05, 0.1) is 11.0 Å². The molecule has 2 aromatic carbocycles. The topological polar surface area (TPSA) is 62.5 Å². The Labute approximate surface area is 195 Å². The number of aromatic nitrogens is 2. The summed E-state index contributed by atoms with van der Waals surface area (Å²) in [5.41, 5.74) is 4.96. The summed E-state index contributed by atoms with van der Waals surface area (Å²) in [7, 11) is 0. The van der Waals surface area contributed by atoms with Crippen molar-refractivity contribution in [2.24, 2.45) is 0 Å². The van der Waals surface area contributed by atoms with Crippen LogP contribution in [-0.2, 0) is 17.9 Å². The summed E-state index contributed by atoms with van der Waals surface area (Å²) in [6.07, 6.45) is 1.14. The van der Waals surface area contributed by atoms with Crippen molar-refractivity contribution in [1.82, 2.24) is 14.0 Å². The molecule has 0 saturated carbocycles. The minimum absolute atomic E-state index is 0.0470. The smallest absolute Gasteiger partial charge is 0.329 e. The molecule has 1 saturated heterocycles. The SMILES string of the molecule is CCCn1c(=O)n(CCC(=O)Nc2ccc(N3CCN(CC)CC3)c(C)c2)c2ccccc21. The monoisotopic (exact) mass is 449 g/mol. The van der Waals surface area contributed by atoms with Crippen LogP contribution in [0.4, 0.5) is 11.4 Å². The van der Waals surface area contributed by atoms with Gasteiger partial charge < -0.3 is 15.1 Å². The molecule has 3 aromatic rings. The zero-order chi connectivity index (χ0) is 23.4. The number of para-hydroxylation sites is 2. The molecular weight excluding hydrogens is 414 g/mol. The van der Waals surface area contributed by atoms with Crippen molar-refractivity contribution >= 4 is 28.3 Å². The van der Waals surface area contributed by atoms with E-state index in [4.69, 9.17) is 0 Å². The number of likely N-dealkylation sites (N-methyl/N-ethyl adjacent to an activating group) is 1. The Balaban J connectivity index is 1.40. The number of benzene rings is 2. The highest BCUT2D eigenvalue weighted by atomic mass is 16.2. The average molecular weight is 450 g/mol. The Morgan fingerprint density at radius 2 is 1.61 bits per heavy atom. The van der Waals surface area contributed by atoms with Gasteiger partial charge in [0.2, 0.25) is 5.91 Å². The number of nitrogens with zero attached hydrogens (tertiary/aromatic N) is 4. The van der Waals surface area contributed by atoms with Gasteiger partial charge in [-0.05, 0) is 55.8 Å². The Morgan fingerprint density at radius 1 is 0.939 bits per heavy atom. The quantitative estimate of drug-likeness (QED) is 0.570. The van der Waals surface area contributed by atoms with Crippen LogP contribution in [0, 0.1) is 6.92 Å². The number of nitrogens with one attached hydrogen (secondary N) is 1. The van der Waals surface area contributed by atoms with E-state index >= 15 is 0 Å². The average Bonchev–Trinajstić information content (AvgIpc) is 3.09. The van der Waals surface area contributed by atoms with E-state index < -0.39 is 0 Å². The van der Waals surface area contributed by atoms with E-state index in [1.165, 1.54) is 5.69 Å². The fraction of sp³-hybridized carbons (Fsp3) is 0.462. The highest BCUT2D eigenvalue weighted by Crippen LogP contribution is 2.25. The maximum absolute atomic E-state index is 12.9. The van der Waals surface area contributed by atoms with Gasteiger partial charge in [0.25, 0.3) is 0 Å². The summed E-state index contributed by atoms with van der Waals surface area (Å²) in [4.78, 5) is 30.5. The van der Waals surface area contributed by atoms with Gasteiger partial charge in [-0.25, -0.2) is 4.79 Å². The fourth-order valence-electron chi connectivity index (χ4n) is 4.76. The van der Waals surface area contributed by atoms with E-state index in [1.54, 1.807) is 9.13 Å². The van der Waals surface area contributed by atoms with Crippen molar-refractivity contribution in [3.63, 3.8) is 0 Å². The van der Waals surface area contributed by atoms with Crippen LogP contribution >= 0.6 is 0 Å². The number of piperazine rings is 1. The van der Waals surface area contributed by atoms with E-state index in [2.05, 4.69) is 42.0 Å². The molecule has 33 heavy (non-hydrogen) atoms. The molecule has 7 heteroatoms. The molecule has 1 N–H and O–H groups in total. The van der Waals surface area contributed by atoms with E-state index in [0.29, 0.717) is 13.1 Å². The Morgan fingerprint density at radius 3 is 2.21 bits per heavy atom. The standard InChI is InChI=1S/C26H35N5O2/c1-4-13-30-23-8-6-7-9-24(23)31(26(30)33)14-12-25(32)27-21-10-11-22(20(3)19-21)29-17-15-28(5-2)16-18-29/h6-11,19H,4-5,12-18H2,1-3H3,(H,27,32). The number of carbonyl (C=O) groups excluding carboxylic acids is 1. The summed E-state index contributed by atoms with van der Waals surface area (Å²) in [5, 5.41) is 3.01. The van der Waals surface area contributed by atoms with Crippen molar-refractivity contribution in [2.45, 2.75) is 46.7 Å². The van der Waals surface area contributed by atoms with Crippen LogP contribution in [0.25, 0.3) is 11.0 Å². The van der Waals surface area contributed by atoms with Crippen molar-refractivity contribution in [2.75, 3.05) is 42.9 Å². The molecule has 1 fully saturated rings. The molecule has 0 atom stereocenters. The zero-order valence-electron chi connectivity index (χ0n) is 20.0. The van der Waals surface area contributed by atoms with Crippen LogP contribution in [0.5, 0.6) is 0 Å². The number of fused-ring (bicyclic) bond motifs is 1. The third-order valence-corrected chi connectivity index (χ3v) is 6.58. The first-order valence-electron chi connectivity index (χ1n) is 12.1.